The Morgan fingerprint density at radius 1 is 1.24 bits per heavy atom. The molecular formula is C14H12O3. The van der Waals surface area contributed by atoms with E-state index in [1.54, 1.807) is 7.11 Å². The zero-order valence-corrected chi connectivity index (χ0v) is 9.69. The summed E-state index contributed by atoms with van der Waals surface area (Å²) in [4.78, 5) is 11.6. The standard InChI is InChI=1S/C14H12O3/c1-8-11-7-12(16-2)9-5-3-4-6-10(9)13(11)17-14(8)15/h3-8H,1-2H3/t8-/m0/s1. The fourth-order valence-corrected chi connectivity index (χ4v) is 2.26. The van der Waals surface area contributed by atoms with Gasteiger partial charge >= 0.3 is 5.97 Å². The summed E-state index contributed by atoms with van der Waals surface area (Å²) >= 11 is 0. The van der Waals surface area contributed by atoms with E-state index in [2.05, 4.69) is 0 Å². The molecule has 0 saturated heterocycles. The molecule has 0 N–H and O–H groups in total. The maximum absolute atomic E-state index is 11.6. The Balaban J connectivity index is 2.40. The molecule has 0 amide bonds. The second-order valence-electron chi connectivity index (χ2n) is 4.19. The van der Waals surface area contributed by atoms with E-state index in [9.17, 15) is 4.79 Å². The molecule has 3 nitrogen and oxygen atoms in total. The minimum Gasteiger partial charge on any atom is -0.496 e. The third-order valence-corrected chi connectivity index (χ3v) is 3.23. The van der Waals surface area contributed by atoms with E-state index >= 15 is 0 Å². The highest BCUT2D eigenvalue weighted by molar-refractivity contribution is 6.00. The zero-order chi connectivity index (χ0) is 12.0. The van der Waals surface area contributed by atoms with Crippen LogP contribution in [0.4, 0.5) is 0 Å². The largest absolute Gasteiger partial charge is 0.496 e. The first-order valence-electron chi connectivity index (χ1n) is 5.53. The van der Waals surface area contributed by atoms with Crippen LogP contribution in [0.15, 0.2) is 30.3 Å². The molecule has 86 valence electrons. The highest BCUT2D eigenvalue weighted by Crippen LogP contribution is 2.44. The predicted molar refractivity (Wildman–Crippen MR) is 64.6 cm³/mol. The van der Waals surface area contributed by atoms with Crippen LogP contribution in [-0.2, 0) is 4.79 Å². The van der Waals surface area contributed by atoms with Crippen LogP contribution in [0.2, 0.25) is 0 Å². The lowest BCUT2D eigenvalue weighted by Crippen LogP contribution is -2.05. The van der Waals surface area contributed by atoms with Gasteiger partial charge in [0.15, 0.2) is 0 Å². The van der Waals surface area contributed by atoms with Crippen molar-refractivity contribution in [1.82, 2.24) is 0 Å². The van der Waals surface area contributed by atoms with E-state index < -0.39 is 0 Å². The lowest BCUT2D eigenvalue weighted by atomic mass is 9.98. The Hall–Kier alpha value is -2.03. The van der Waals surface area contributed by atoms with Crippen molar-refractivity contribution in [2.24, 2.45) is 0 Å². The molecule has 3 heteroatoms. The van der Waals surface area contributed by atoms with Crippen molar-refractivity contribution in [3.05, 3.63) is 35.9 Å². The monoisotopic (exact) mass is 228 g/mol. The van der Waals surface area contributed by atoms with Crippen molar-refractivity contribution in [3.63, 3.8) is 0 Å². The molecule has 0 bridgehead atoms. The molecule has 0 radical (unpaired) electrons. The van der Waals surface area contributed by atoms with Gasteiger partial charge in [-0.3, -0.25) is 4.79 Å². The van der Waals surface area contributed by atoms with Gasteiger partial charge in [0.05, 0.1) is 13.0 Å². The Bertz CT molecular complexity index is 616. The SMILES string of the molecule is COc1cc2c(c3ccccc13)OC(=O)[C@H]2C. The molecule has 0 aromatic heterocycles. The summed E-state index contributed by atoms with van der Waals surface area (Å²) in [5, 5.41) is 1.90. The van der Waals surface area contributed by atoms with Crippen LogP contribution >= 0.6 is 0 Å². The Morgan fingerprint density at radius 3 is 2.65 bits per heavy atom. The van der Waals surface area contributed by atoms with Gasteiger partial charge in [-0.1, -0.05) is 24.3 Å². The molecule has 3 rings (SSSR count). The normalized spacial score (nSPS) is 18.0. The molecule has 0 fully saturated rings. The number of carbonyl (C=O) groups is 1. The van der Waals surface area contributed by atoms with Gasteiger partial charge in [0.2, 0.25) is 0 Å². The molecule has 1 aliphatic rings. The molecule has 1 atom stereocenters. The molecule has 0 saturated carbocycles. The summed E-state index contributed by atoms with van der Waals surface area (Å²) in [5.41, 5.74) is 0.908. The first kappa shape index (κ1) is 10.1. The Kier molecular flexibility index (Phi) is 2.08. The maximum Gasteiger partial charge on any atom is 0.318 e. The minimum absolute atomic E-state index is 0.196. The van der Waals surface area contributed by atoms with Gasteiger partial charge in [-0.2, -0.15) is 0 Å². The number of hydrogen-bond acceptors (Lipinski definition) is 3. The number of fused-ring (bicyclic) bond motifs is 3. The van der Waals surface area contributed by atoms with Gasteiger partial charge in [-0.05, 0) is 13.0 Å². The van der Waals surface area contributed by atoms with Gasteiger partial charge < -0.3 is 9.47 Å². The molecule has 1 heterocycles. The molecule has 0 spiro atoms. The average molecular weight is 228 g/mol. The number of hydrogen-bond donors (Lipinski definition) is 0. The van der Waals surface area contributed by atoms with E-state index in [0.29, 0.717) is 5.75 Å². The summed E-state index contributed by atoms with van der Waals surface area (Å²) in [7, 11) is 1.64. The number of esters is 1. The Morgan fingerprint density at radius 2 is 1.94 bits per heavy atom. The lowest BCUT2D eigenvalue weighted by molar-refractivity contribution is -0.133. The maximum atomic E-state index is 11.6. The topological polar surface area (TPSA) is 35.5 Å². The second-order valence-corrected chi connectivity index (χ2v) is 4.19. The van der Waals surface area contributed by atoms with E-state index in [0.717, 1.165) is 22.1 Å². The minimum atomic E-state index is -0.219. The first-order chi connectivity index (χ1) is 8.22. The van der Waals surface area contributed by atoms with Crippen LogP contribution in [-0.4, -0.2) is 13.1 Å². The van der Waals surface area contributed by atoms with Crippen LogP contribution < -0.4 is 9.47 Å². The summed E-state index contributed by atoms with van der Waals surface area (Å²) in [5.74, 6) is 1.05. The van der Waals surface area contributed by atoms with Crippen LogP contribution in [0, 0.1) is 0 Å². The number of rotatable bonds is 1. The predicted octanol–water partition coefficient (Wildman–Crippen LogP) is 2.87. The Labute approximate surface area is 99.0 Å². The van der Waals surface area contributed by atoms with Crippen molar-refractivity contribution in [2.45, 2.75) is 12.8 Å². The van der Waals surface area contributed by atoms with Crippen LogP contribution in [0.25, 0.3) is 10.8 Å². The van der Waals surface area contributed by atoms with Crippen molar-refractivity contribution < 1.29 is 14.3 Å². The fourth-order valence-electron chi connectivity index (χ4n) is 2.26. The molecule has 17 heavy (non-hydrogen) atoms. The van der Waals surface area contributed by atoms with Crippen molar-refractivity contribution in [2.75, 3.05) is 7.11 Å². The zero-order valence-electron chi connectivity index (χ0n) is 9.69. The number of ether oxygens (including phenoxy) is 2. The van der Waals surface area contributed by atoms with E-state index in [1.165, 1.54) is 0 Å². The van der Waals surface area contributed by atoms with Crippen molar-refractivity contribution in [3.8, 4) is 11.5 Å². The average Bonchev–Trinajstić information content (AvgIpc) is 2.65. The fraction of sp³-hybridized carbons (Fsp3) is 0.214. The molecule has 2 aromatic carbocycles. The summed E-state index contributed by atoms with van der Waals surface area (Å²) in [6, 6.07) is 9.68. The van der Waals surface area contributed by atoms with Crippen LogP contribution in [0.3, 0.4) is 0 Å². The van der Waals surface area contributed by atoms with Crippen LogP contribution in [0.5, 0.6) is 11.5 Å². The highest BCUT2D eigenvalue weighted by Gasteiger charge is 2.31. The van der Waals surface area contributed by atoms with Gasteiger partial charge in [0, 0.05) is 16.3 Å². The highest BCUT2D eigenvalue weighted by atomic mass is 16.5. The molecular weight excluding hydrogens is 216 g/mol. The second kappa shape index (κ2) is 3.48. The van der Waals surface area contributed by atoms with Gasteiger partial charge in [-0.25, -0.2) is 0 Å². The third-order valence-electron chi connectivity index (χ3n) is 3.23. The third kappa shape index (κ3) is 1.32. The van der Waals surface area contributed by atoms with Crippen LogP contribution in [0.1, 0.15) is 18.4 Å². The van der Waals surface area contributed by atoms with E-state index in [-0.39, 0.29) is 11.9 Å². The van der Waals surface area contributed by atoms with Crippen molar-refractivity contribution >= 4 is 16.7 Å². The van der Waals surface area contributed by atoms with E-state index in [4.69, 9.17) is 9.47 Å². The van der Waals surface area contributed by atoms with Crippen molar-refractivity contribution in [1.29, 1.82) is 0 Å². The summed E-state index contributed by atoms with van der Waals surface area (Å²) in [6.07, 6.45) is 0. The number of carbonyl (C=O) groups excluding carboxylic acids is 1. The first-order valence-corrected chi connectivity index (χ1v) is 5.53. The number of benzene rings is 2. The molecule has 1 aliphatic heterocycles. The molecule has 0 unspecified atom stereocenters. The lowest BCUT2D eigenvalue weighted by Gasteiger charge is -2.09. The van der Waals surface area contributed by atoms with Gasteiger partial charge in [0.1, 0.15) is 11.5 Å². The number of methoxy groups -OCH3 is 1. The van der Waals surface area contributed by atoms with Gasteiger partial charge in [-0.15, -0.1) is 0 Å². The van der Waals surface area contributed by atoms with E-state index in [1.807, 2.05) is 37.3 Å². The molecule has 2 aromatic rings. The smallest absolute Gasteiger partial charge is 0.318 e. The summed E-state index contributed by atoms with van der Waals surface area (Å²) in [6.45, 7) is 1.85. The summed E-state index contributed by atoms with van der Waals surface area (Å²) < 4.78 is 10.7. The quantitative estimate of drug-likeness (QED) is 0.556. The van der Waals surface area contributed by atoms with Gasteiger partial charge in [0.25, 0.3) is 0 Å². The molecule has 0 aliphatic carbocycles.